The maximum atomic E-state index is 6.06. The van der Waals surface area contributed by atoms with E-state index in [2.05, 4.69) is 23.8 Å². The fourth-order valence-corrected chi connectivity index (χ4v) is 3.62. The molecular formula is C14H29N3. The first-order valence-electron chi connectivity index (χ1n) is 7.33. The summed E-state index contributed by atoms with van der Waals surface area (Å²) in [5.74, 6) is 1.77. The van der Waals surface area contributed by atoms with Gasteiger partial charge in [0.05, 0.1) is 0 Å². The van der Waals surface area contributed by atoms with Crippen LogP contribution >= 0.6 is 0 Å². The van der Waals surface area contributed by atoms with Gasteiger partial charge in [0, 0.05) is 38.8 Å². The average Bonchev–Trinajstić information content (AvgIpc) is 2.33. The fraction of sp³-hybridized carbons (Fsp3) is 1.00. The molecule has 2 N–H and O–H groups in total. The Labute approximate surface area is 106 Å². The lowest BCUT2D eigenvalue weighted by Crippen LogP contribution is -2.54. The van der Waals surface area contributed by atoms with Gasteiger partial charge in [0.2, 0.25) is 0 Å². The van der Waals surface area contributed by atoms with Gasteiger partial charge in [0.15, 0.2) is 0 Å². The van der Waals surface area contributed by atoms with Gasteiger partial charge >= 0.3 is 0 Å². The maximum absolute atomic E-state index is 6.06. The van der Waals surface area contributed by atoms with E-state index in [9.17, 15) is 0 Å². The highest BCUT2D eigenvalue weighted by Gasteiger charge is 2.31. The predicted molar refractivity (Wildman–Crippen MR) is 73.0 cm³/mol. The number of likely N-dealkylation sites (N-methyl/N-ethyl adjacent to an activating group) is 1. The Morgan fingerprint density at radius 3 is 2.47 bits per heavy atom. The molecule has 1 saturated heterocycles. The summed E-state index contributed by atoms with van der Waals surface area (Å²) in [5, 5.41) is 0. The van der Waals surface area contributed by atoms with Crippen LogP contribution in [0.2, 0.25) is 0 Å². The zero-order chi connectivity index (χ0) is 12.3. The lowest BCUT2D eigenvalue weighted by Gasteiger charge is -2.43. The van der Waals surface area contributed by atoms with E-state index in [4.69, 9.17) is 5.73 Å². The molecule has 0 aromatic carbocycles. The van der Waals surface area contributed by atoms with E-state index in [1.807, 2.05) is 0 Å². The van der Waals surface area contributed by atoms with Crippen LogP contribution in [-0.2, 0) is 0 Å². The van der Waals surface area contributed by atoms with Gasteiger partial charge in [-0.25, -0.2) is 0 Å². The van der Waals surface area contributed by atoms with Crippen LogP contribution in [0, 0.1) is 11.8 Å². The van der Waals surface area contributed by atoms with Crippen LogP contribution in [0.15, 0.2) is 0 Å². The van der Waals surface area contributed by atoms with Gasteiger partial charge in [0.25, 0.3) is 0 Å². The van der Waals surface area contributed by atoms with Gasteiger partial charge < -0.3 is 10.6 Å². The number of rotatable bonds is 3. The van der Waals surface area contributed by atoms with Gasteiger partial charge in [0.1, 0.15) is 0 Å². The third kappa shape index (κ3) is 3.43. The van der Waals surface area contributed by atoms with Crippen molar-refractivity contribution in [2.45, 2.75) is 38.6 Å². The Hall–Kier alpha value is -0.120. The molecule has 0 radical (unpaired) electrons. The standard InChI is InChI=1S/C14H29N3/c1-12-4-3-5-13(10-12)14(11-15)17-8-6-16(2)7-9-17/h12-14H,3-11,15H2,1-2H3. The number of nitrogens with zero attached hydrogens (tertiary/aromatic N) is 2. The van der Waals surface area contributed by atoms with Gasteiger partial charge in [-0.1, -0.05) is 19.8 Å². The molecule has 3 heteroatoms. The third-order valence-corrected chi connectivity index (χ3v) is 4.77. The van der Waals surface area contributed by atoms with Gasteiger partial charge in [-0.3, -0.25) is 4.90 Å². The van der Waals surface area contributed by atoms with Crippen LogP contribution in [0.4, 0.5) is 0 Å². The monoisotopic (exact) mass is 239 g/mol. The predicted octanol–water partition coefficient (Wildman–Crippen LogP) is 1.39. The molecule has 0 spiro atoms. The first-order valence-corrected chi connectivity index (χ1v) is 7.33. The lowest BCUT2D eigenvalue weighted by atomic mass is 9.78. The zero-order valence-electron chi connectivity index (χ0n) is 11.6. The highest BCUT2D eigenvalue weighted by atomic mass is 15.3. The van der Waals surface area contributed by atoms with Crippen molar-refractivity contribution in [1.29, 1.82) is 0 Å². The van der Waals surface area contributed by atoms with Crippen LogP contribution in [0.5, 0.6) is 0 Å². The van der Waals surface area contributed by atoms with E-state index in [1.165, 1.54) is 51.9 Å². The lowest BCUT2D eigenvalue weighted by molar-refractivity contribution is 0.0642. The highest BCUT2D eigenvalue weighted by Crippen LogP contribution is 2.32. The van der Waals surface area contributed by atoms with Crippen molar-refractivity contribution in [3.8, 4) is 0 Å². The Morgan fingerprint density at radius 1 is 1.18 bits per heavy atom. The molecule has 3 atom stereocenters. The summed E-state index contributed by atoms with van der Waals surface area (Å²) in [6.45, 7) is 8.09. The number of hydrogen-bond donors (Lipinski definition) is 1. The van der Waals surface area contributed by atoms with Gasteiger partial charge in [-0.15, -0.1) is 0 Å². The Morgan fingerprint density at radius 2 is 1.88 bits per heavy atom. The molecule has 2 aliphatic rings. The molecule has 100 valence electrons. The molecule has 0 amide bonds. The maximum Gasteiger partial charge on any atom is 0.0247 e. The van der Waals surface area contributed by atoms with Crippen molar-refractivity contribution in [3.05, 3.63) is 0 Å². The minimum absolute atomic E-state index is 0.645. The Balaban J connectivity index is 1.90. The van der Waals surface area contributed by atoms with E-state index in [0.717, 1.165) is 18.4 Å². The molecule has 0 bridgehead atoms. The Bertz CT molecular complexity index is 224. The van der Waals surface area contributed by atoms with Gasteiger partial charge in [-0.2, -0.15) is 0 Å². The van der Waals surface area contributed by atoms with Crippen LogP contribution < -0.4 is 5.73 Å². The van der Waals surface area contributed by atoms with Crippen molar-refractivity contribution in [2.24, 2.45) is 17.6 Å². The molecule has 2 rings (SSSR count). The van der Waals surface area contributed by atoms with E-state index in [0.29, 0.717) is 6.04 Å². The smallest absolute Gasteiger partial charge is 0.0247 e. The molecular weight excluding hydrogens is 210 g/mol. The summed E-state index contributed by atoms with van der Waals surface area (Å²) < 4.78 is 0. The van der Waals surface area contributed by atoms with Crippen LogP contribution in [0.1, 0.15) is 32.6 Å². The normalized spacial score (nSPS) is 34.8. The summed E-state index contributed by atoms with van der Waals surface area (Å²) in [6, 6.07) is 0.645. The van der Waals surface area contributed by atoms with Crippen molar-refractivity contribution < 1.29 is 0 Å². The summed E-state index contributed by atoms with van der Waals surface area (Å²) in [4.78, 5) is 5.08. The molecule has 3 unspecified atom stereocenters. The molecule has 1 saturated carbocycles. The van der Waals surface area contributed by atoms with Crippen molar-refractivity contribution in [2.75, 3.05) is 39.8 Å². The first-order chi connectivity index (χ1) is 8.20. The first kappa shape index (κ1) is 13.3. The second kappa shape index (κ2) is 6.17. The molecule has 0 aromatic rings. The number of nitrogens with two attached hydrogens (primary N) is 1. The minimum atomic E-state index is 0.645. The second-order valence-corrected chi connectivity index (χ2v) is 6.17. The molecule has 2 fully saturated rings. The Kier molecular flexibility index (Phi) is 4.83. The average molecular weight is 239 g/mol. The summed E-state index contributed by atoms with van der Waals surface area (Å²) >= 11 is 0. The summed E-state index contributed by atoms with van der Waals surface area (Å²) in [5.41, 5.74) is 6.06. The molecule has 1 heterocycles. The molecule has 1 aliphatic heterocycles. The SMILES string of the molecule is CC1CCCC(C(CN)N2CCN(C)CC2)C1. The number of hydrogen-bond acceptors (Lipinski definition) is 3. The third-order valence-electron chi connectivity index (χ3n) is 4.77. The van der Waals surface area contributed by atoms with E-state index in [1.54, 1.807) is 0 Å². The van der Waals surface area contributed by atoms with Crippen molar-refractivity contribution in [3.63, 3.8) is 0 Å². The zero-order valence-corrected chi connectivity index (χ0v) is 11.6. The molecule has 3 nitrogen and oxygen atoms in total. The van der Waals surface area contributed by atoms with E-state index in [-0.39, 0.29) is 0 Å². The van der Waals surface area contributed by atoms with Crippen LogP contribution in [-0.4, -0.2) is 55.6 Å². The quantitative estimate of drug-likeness (QED) is 0.808. The highest BCUT2D eigenvalue weighted by molar-refractivity contribution is 4.86. The van der Waals surface area contributed by atoms with Crippen LogP contribution in [0.3, 0.4) is 0 Å². The second-order valence-electron chi connectivity index (χ2n) is 6.17. The molecule has 0 aromatic heterocycles. The topological polar surface area (TPSA) is 32.5 Å². The fourth-order valence-electron chi connectivity index (χ4n) is 3.62. The van der Waals surface area contributed by atoms with Crippen molar-refractivity contribution >= 4 is 0 Å². The molecule has 1 aliphatic carbocycles. The van der Waals surface area contributed by atoms with E-state index < -0.39 is 0 Å². The molecule has 17 heavy (non-hydrogen) atoms. The number of piperazine rings is 1. The minimum Gasteiger partial charge on any atom is -0.329 e. The van der Waals surface area contributed by atoms with Crippen molar-refractivity contribution in [1.82, 2.24) is 9.80 Å². The largest absolute Gasteiger partial charge is 0.329 e. The van der Waals surface area contributed by atoms with Crippen LogP contribution in [0.25, 0.3) is 0 Å². The summed E-state index contributed by atoms with van der Waals surface area (Å²) in [6.07, 6.45) is 5.64. The van der Waals surface area contributed by atoms with E-state index >= 15 is 0 Å². The van der Waals surface area contributed by atoms with Gasteiger partial charge in [-0.05, 0) is 31.7 Å². The summed E-state index contributed by atoms with van der Waals surface area (Å²) in [7, 11) is 2.22.